The average molecular weight is 685 g/mol. The first-order valence-electron chi connectivity index (χ1n) is 6.76. The largest absolute Gasteiger partial charge is 0.480 e. The number of hydrogen-bond donors (Lipinski definition) is 4. The van der Waals surface area contributed by atoms with Crippen molar-refractivity contribution in [2.45, 2.75) is 26.8 Å². The summed E-state index contributed by atoms with van der Waals surface area (Å²) in [5.41, 5.74) is 0.944. The van der Waals surface area contributed by atoms with E-state index in [0.717, 1.165) is 0 Å². The molecule has 4 N–H and O–H groups in total. The molecule has 0 radical (unpaired) electrons. The summed E-state index contributed by atoms with van der Waals surface area (Å²) in [6, 6.07) is -1.09. The molecule has 136 valence electrons. The van der Waals surface area contributed by atoms with Gasteiger partial charge in [0.2, 0.25) is 11.8 Å². The lowest BCUT2D eigenvalue weighted by atomic mass is 10.1. The summed E-state index contributed by atoms with van der Waals surface area (Å²) in [5, 5.41) is 16.7. The number of carboxylic acids is 1. The molecule has 0 aliphatic rings. The number of aliphatic carboxylic acids is 1. The quantitative estimate of drug-likeness (QED) is 0.355. The van der Waals surface area contributed by atoms with Crippen molar-refractivity contribution in [1.82, 2.24) is 5.32 Å². The number of carbonyl (C=O) groups excluding carboxylic acids is 3. The molecule has 0 aromatic heterocycles. The minimum atomic E-state index is -1.17. The van der Waals surface area contributed by atoms with Gasteiger partial charge in [0.05, 0.1) is 27.6 Å². The van der Waals surface area contributed by atoms with Crippen molar-refractivity contribution >= 4 is 103 Å². The molecule has 1 aromatic carbocycles. The molecule has 1 rings (SSSR count). The Hall–Kier alpha value is -0.710. The molecular weight excluding hydrogens is 671 g/mol. The Morgan fingerprint density at radius 1 is 0.880 bits per heavy atom. The molecule has 0 saturated heterocycles. The lowest BCUT2D eigenvalue weighted by molar-refractivity contribution is -0.138. The number of halogens is 3. The molecule has 0 saturated carbocycles. The number of carbonyl (C=O) groups is 4. The zero-order valence-corrected chi connectivity index (χ0v) is 19.8. The van der Waals surface area contributed by atoms with Gasteiger partial charge in [-0.15, -0.1) is 0 Å². The highest BCUT2D eigenvalue weighted by atomic mass is 127. The Labute approximate surface area is 184 Å². The molecule has 0 unspecified atom stereocenters. The first kappa shape index (κ1) is 22.3. The van der Waals surface area contributed by atoms with Crippen LogP contribution >= 0.6 is 67.8 Å². The lowest BCUT2D eigenvalue weighted by Gasteiger charge is -2.20. The summed E-state index contributed by atoms with van der Waals surface area (Å²) in [6.07, 6.45) is 0. The van der Waals surface area contributed by atoms with E-state index in [2.05, 4.69) is 16.0 Å². The monoisotopic (exact) mass is 685 g/mol. The molecule has 1 atom stereocenters. The van der Waals surface area contributed by atoms with E-state index in [0.29, 0.717) is 22.1 Å². The van der Waals surface area contributed by atoms with Crippen molar-refractivity contribution in [3.05, 3.63) is 16.3 Å². The van der Waals surface area contributed by atoms with Crippen LogP contribution in [0.4, 0.5) is 11.4 Å². The van der Waals surface area contributed by atoms with Crippen molar-refractivity contribution < 1.29 is 24.3 Å². The Bertz CT molecular complexity index is 724. The predicted molar refractivity (Wildman–Crippen MR) is 118 cm³/mol. The van der Waals surface area contributed by atoms with Crippen molar-refractivity contribution in [3.63, 3.8) is 0 Å². The van der Waals surface area contributed by atoms with Crippen LogP contribution in [0.1, 0.15) is 31.1 Å². The molecule has 0 aliphatic carbocycles. The van der Waals surface area contributed by atoms with Gasteiger partial charge >= 0.3 is 5.97 Å². The van der Waals surface area contributed by atoms with E-state index in [9.17, 15) is 19.2 Å². The summed E-state index contributed by atoms with van der Waals surface area (Å²) in [4.78, 5) is 46.6. The van der Waals surface area contributed by atoms with Crippen LogP contribution < -0.4 is 16.0 Å². The highest BCUT2D eigenvalue weighted by Crippen LogP contribution is 2.38. The van der Waals surface area contributed by atoms with Gasteiger partial charge in [-0.25, -0.2) is 0 Å². The van der Waals surface area contributed by atoms with Gasteiger partial charge in [0, 0.05) is 13.8 Å². The normalized spacial score (nSPS) is 11.4. The number of rotatable bonds is 5. The number of amides is 3. The van der Waals surface area contributed by atoms with Crippen LogP contribution in [0.3, 0.4) is 0 Å². The summed E-state index contributed by atoms with van der Waals surface area (Å²) in [5.74, 6) is -2.46. The van der Waals surface area contributed by atoms with Gasteiger partial charge < -0.3 is 21.1 Å². The van der Waals surface area contributed by atoms with E-state index in [1.54, 1.807) is 0 Å². The SMILES string of the molecule is CC(=O)Nc1c(I)c(NC(C)=O)c(I)c(C(=O)N[C@@H](C)C(=O)O)c1I. The van der Waals surface area contributed by atoms with E-state index in [1.165, 1.54) is 20.8 Å². The smallest absolute Gasteiger partial charge is 0.325 e. The first-order valence-corrected chi connectivity index (χ1v) is 10.00. The Morgan fingerprint density at radius 2 is 1.28 bits per heavy atom. The molecule has 0 spiro atoms. The van der Waals surface area contributed by atoms with Crippen molar-refractivity contribution in [1.29, 1.82) is 0 Å². The molecule has 0 fully saturated rings. The van der Waals surface area contributed by atoms with Gasteiger partial charge in [0.1, 0.15) is 6.04 Å². The second kappa shape index (κ2) is 9.29. The maximum atomic E-state index is 12.6. The third-order valence-electron chi connectivity index (χ3n) is 2.86. The fourth-order valence-corrected chi connectivity index (χ4v) is 5.96. The van der Waals surface area contributed by atoms with Crippen molar-refractivity contribution in [2.75, 3.05) is 10.6 Å². The summed E-state index contributed by atoms with van der Waals surface area (Å²) >= 11 is 5.79. The number of carboxylic acid groups (broad SMARTS) is 1. The minimum Gasteiger partial charge on any atom is -0.480 e. The van der Waals surface area contributed by atoms with Gasteiger partial charge in [-0.3, -0.25) is 19.2 Å². The summed E-state index contributed by atoms with van der Waals surface area (Å²) < 4.78 is 1.47. The van der Waals surface area contributed by atoms with E-state index in [1.807, 2.05) is 67.8 Å². The van der Waals surface area contributed by atoms with E-state index in [4.69, 9.17) is 5.11 Å². The lowest BCUT2D eigenvalue weighted by Crippen LogP contribution is -2.39. The second-order valence-electron chi connectivity index (χ2n) is 4.96. The van der Waals surface area contributed by atoms with Crippen molar-refractivity contribution in [2.24, 2.45) is 0 Å². The fraction of sp³-hybridized carbons (Fsp3) is 0.286. The molecule has 3 amide bonds. The number of anilines is 2. The molecule has 0 aliphatic heterocycles. The van der Waals surface area contributed by atoms with E-state index < -0.39 is 17.9 Å². The Morgan fingerprint density at radius 3 is 1.60 bits per heavy atom. The van der Waals surface area contributed by atoms with Crippen LogP contribution in [0.2, 0.25) is 0 Å². The van der Waals surface area contributed by atoms with Crippen LogP contribution in [-0.4, -0.2) is 34.8 Å². The van der Waals surface area contributed by atoms with Gasteiger partial charge in [0.25, 0.3) is 5.91 Å². The zero-order chi connectivity index (χ0) is 19.5. The number of benzene rings is 1. The fourth-order valence-electron chi connectivity index (χ4n) is 1.77. The molecule has 8 nitrogen and oxygen atoms in total. The Kier molecular flexibility index (Phi) is 8.30. The van der Waals surface area contributed by atoms with Gasteiger partial charge in [-0.1, -0.05) is 0 Å². The molecule has 11 heteroatoms. The molecular formula is C14H14I3N3O5. The van der Waals surface area contributed by atoms with Crippen LogP contribution in [0.5, 0.6) is 0 Å². The van der Waals surface area contributed by atoms with Crippen LogP contribution in [-0.2, 0) is 14.4 Å². The molecule has 25 heavy (non-hydrogen) atoms. The zero-order valence-electron chi connectivity index (χ0n) is 13.3. The van der Waals surface area contributed by atoms with Crippen LogP contribution in [0, 0.1) is 10.7 Å². The van der Waals surface area contributed by atoms with Crippen LogP contribution in [0.25, 0.3) is 0 Å². The highest BCUT2D eigenvalue weighted by molar-refractivity contribution is 14.1. The van der Waals surface area contributed by atoms with Gasteiger partial charge in [-0.05, 0) is 74.7 Å². The third-order valence-corrected chi connectivity index (χ3v) is 6.10. The maximum absolute atomic E-state index is 12.6. The van der Waals surface area contributed by atoms with Gasteiger partial charge in [0.15, 0.2) is 0 Å². The second-order valence-corrected chi connectivity index (χ2v) is 8.20. The third kappa shape index (κ3) is 5.63. The number of nitrogens with one attached hydrogen (secondary N) is 3. The number of hydrogen-bond acceptors (Lipinski definition) is 4. The molecule has 0 heterocycles. The maximum Gasteiger partial charge on any atom is 0.325 e. The summed E-state index contributed by atoms with van der Waals surface area (Å²) in [7, 11) is 0. The van der Waals surface area contributed by atoms with E-state index in [-0.39, 0.29) is 17.4 Å². The summed E-state index contributed by atoms with van der Waals surface area (Å²) in [6.45, 7) is 4.00. The molecule has 0 bridgehead atoms. The average Bonchev–Trinajstić information content (AvgIpc) is 2.47. The van der Waals surface area contributed by atoms with Gasteiger partial charge in [-0.2, -0.15) is 0 Å². The standard InChI is InChI=1S/C14H14I3N3O5/c1-4(14(24)25)18-13(23)7-8(15)11(19-5(2)21)10(17)12(9(7)16)20-6(3)22/h4H,1-3H3,(H,18,23)(H,19,21)(H,20,22)(H,24,25)/t4-/m0/s1. The Balaban J connectivity index is 3.59. The predicted octanol–water partition coefficient (Wildman–Crippen LogP) is 2.62. The van der Waals surface area contributed by atoms with Crippen LogP contribution in [0.15, 0.2) is 0 Å². The first-order chi connectivity index (χ1) is 11.5. The minimum absolute atomic E-state index is 0.183. The topological polar surface area (TPSA) is 125 Å². The van der Waals surface area contributed by atoms with E-state index >= 15 is 0 Å². The molecule has 1 aromatic rings. The highest BCUT2D eigenvalue weighted by Gasteiger charge is 2.27. The van der Waals surface area contributed by atoms with Crippen molar-refractivity contribution in [3.8, 4) is 0 Å².